The maximum Gasteiger partial charge on any atom is 0.407 e. The normalized spacial score (nSPS) is 20.0. The Morgan fingerprint density at radius 1 is 1.48 bits per heavy atom. The van der Waals surface area contributed by atoms with E-state index in [1.165, 1.54) is 6.42 Å². The van der Waals surface area contributed by atoms with Crippen molar-refractivity contribution in [2.24, 2.45) is 22.6 Å². The number of nitrogens with two attached hydrogens (primary N) is 1. The zero-order valence-electron chi connectivity index (χ0n) is 14.9. The van der Waals surface area contributed by atoms with Crippen molar-refractivity contribution in [1.29, 1.82) is 0 Å². The van der Waals surface area contributed by atoms with E-state index in [1.54, 1.807) is 6.92 Å². The fourth-order valence-electron chi connectivity index (χ4n) is 2.79. The Morgan fingerprint density at radius 2 is 2.17 bits per heavy atom. The van der Waals surface area contributed by atoms with Crippen LogP contribution in [-0.4, -0.2) is 49.2 Å². The lowest BCUT2D eigenvalue weighted by Gasteiger charge is -2.32. The van der Waals surface area contributed by atoms with Crippen LogP contribution < -0.4 is 11.1 Å². The fourth-order valence-corrected chi connectivity index (χ4v) is 2.79. The summed E-state index contributed by atoms with van der Waals surface area (Å²) in [5, 5.41) is 2.87. The Morgan fingerprint density at radius 3 is 2.74 bits per heavy atom. The molecule has 0 radical (unpaired) electrons. The highest BCUT2D eigenvalue weighted by Gasteiger charge is 2.19. The van der Waals surface area contributed by atoms with Gasteiger partial charge in [0.25, 0.3) is 0 Å². The standard InChI is InChI=1S/C16H32N4O2.HI/c1-5-22-16(21)19-14(9-12(2)3)10-18-15(17)20-8-6-7-13(4)11-20;/h12-14H,5-11H2,1-4H3,(H2,17,18)(H,19,21);1H. The summed E-state index contributed by atoms with van der Waals surface area (Å²) in [5.41, 5.74) is 6.11. The quantitative estimate of drug-likeness (QED) is 0.378. The summed E-state index contributed by atoms with van der Waals surface area (Å²) in [5.74, 6) is 1.72. The molecule has 0 aromatic heterocycles. The van der Waals surface area contributed by atoms with Gasteiger partial charge in [-0.1, -0.05) is 20.8 Å². The Kier molecular flexibility index (Phi) is 11.4. The van der Waals surface area contributed by atoms with Gasteiger partial charge in [-0.05, 0) is 38.0 Å². The number of hydrogen-bond donors (Lipinski definition) is 2. The molecule has 0 spiro atoms. The summed E-state index contributed by atoms with van der Waals surface area (Å²) in [6, 6.07) is -0.0418. The molecule has 136 valence electrons. The van der Waals surface area contributed by atoms with Crippen LogP contribution in [0.25, 0.3) is 0 Å². The second kappa shape index (κ2) is 11.8. The Balaban J connectivity index is 0.00000484. The van der Waals surface area contributed by atoms with Crippen molar-refractivity contribution in [1.82, 2.24) is 10.2 Å². The highest BCUT2D eigenvalue weighted by Crippen LogP contribution is 2.15. The number of rotatable bonds is 6. The van der Waals surface area contributed by atoms with Gasteiger partial charge in [-0.15, -0.1) is 24.0 Å². The molecule has 1 aliphatic heterocycles. The molecular formula is C16H33IN4O2. The largest absolute Gasteiger partial charge is 0.450 e. The predicted octanol–water partition coefficient (Wildman–Crippen LogP) is 2.81. The summed E-state index contributed by atoms with van der Waals surface area (Å²) in [6.45, 7) is 11.1. The third-order valence-corrected chi connectivity index (χ3v) is 3.81. The number of carbonyl (C=O) groups is 1. The zero-order valence-corrected chi connectivity index (χ0v) is 17.2. The van der Waals surface area contributed by atoms with E-state index in [0.717, 1.165) is 25.9 Å². The Bertz CT molecular complexity index is 377. The van der Waals surface area contributed by atoms with Crippen LogP contribution in [-0.2, 0) is 4.74 Å². The second-order valence-electron chi connectivity index (χ2n) is 6.58. The topological polar surface area (TPSA) is 79.9 Å². The number of alkyl carbamates (subject to hydrolysis) is 1. The van der Waals surface area contributed by atoms with Crippen LogP contribution in [0.5, 0.6) is 0 Å². The van der Waals surface area contributed by atoms with Gasteiger partial charge in [-0.3, -0.25) is 4.99 Å². The highest BCUT2D eigenvalue weighted by atomic mass is 127. The minimum Gasteiger partial charge on any atom is -0.450 e. The highest BCUT2D eigenvalue weighted by molar-refractivity contribution is 14.0. The van der Waals surface area contributed by atoms with Gasteiger partial charge >= 0.3 is 6.09 Å². The molecule has 0 aliphatic carbocycles. The van der Waals surface area contributed by atoms with Gasteiger partial charge in [-0.25, -0.2) is 4.79 Å². The van der Waals surface area contributed by atoms with Crippen LogP contribution in [0.1, 0.15) is 47.0 Å². The summed E-state index contributed by atoms with van der Waals surface area (Å²) in [6.07, 6.45) is 2.89. The van der Waals surface area contributed by atoms with Gasteiger partial charge < -0.3 is 20.7 Å². The summed E-state index contributed by atoms with van der Waals surface area (Å²) >= 11 is 0. The predicted molar refractivity (Wildman–Crippen MR) is 105 cm³/mol. The minimum absolute atomic E-state index is 0. The van der Waals surface area contributed by atoms with E-state index in [1.807, 2.05) is 0 Å². The molecule has 2 atom stereocenters. The van der Waals surface area contributed by atoms with Crippen molar-refractivity contribution in [2.75, 3.05) is 26.2 Å². The molecule has 0 saturated carbocycles. The van der Waals surface area contributed by atoms with Crippen molar-refractivity contribution in [3.05, 3.63) is 0 Å². The van der Waals surface area contributed by atoms with Crippen LogP contribution >= 0.6 is 24.0 Å². The first-order chi connectivity index (χ1) is 10.4. The number of carbonyl (C=O) groups excluding carboxylic acids is 1. The molecule has 2 unspecified atom stereocenters. The second-order valence-corrected chi connectivity index (χ2v) is 6.58. The number of halogens is 1. The van der Waals surface area contributed by atoms with E-state index in [0.29, 0.717) is 30.9 Å². The first-order valence-electron chi connectivity index (χ1n) is 8.40. The molecule has 1 aliphatic rings. The van der Waals surface area contributed by atoms with Crippen molar-refractivity contribution >= 4 is 36.0 Å². The maximum absolute atomic E-state index is 11.6. The monoisotopic (exact) mass is 440 g/mol. The van der Waals surface area contributed by atoms with Gasteiger partial charge in [0.1, 0.15) is 0 Å². The van der Waals surface area contributed by atoms with Crippen LogP contribution in [0.4, 0.5) is 4.79 Å². The molecule has 0 bridgehead atoms. The van der Waals surface area contributed by atoms with E-state index in [9.17, 15) is 4.79 Å². The number of likely N-dealkylation sites (tertiary alicyclic amines) is 1. The van der Waals surface area contributed by atoms with Gasteiger partial charge in [-0.2, -0.15) is 0 Å². The molecule has 1 heterocycles. The van der Waals surface area contributed by atoms with Crippen LogP contribution in [0, 0.1) is 11.8 Å². The Labute approximate surface area is 157 Å². The number of hydrogen-bond acceptors (Lipinski definition) is 3. The van der Waals surface area contributed by atoms with E-state index >= 15 is 0 Å². The average molecular weight is 440 g/mol. The lowest BCUT2D eigenvalue weighted by atomic mass is 10.0. The molecule has 0 aromatic carbocycles. The van der Waals surface area contributed by atoms with Gasteiger partial charge in [0.05, 0.1) is 19.2 Å². The van der Waals surface area contributed by atoms with Crippen LogP contribution in [0.15, 0.2) is 4.99 Å². The molecule has 1 fully saturated rings. The lowest BCUT2D eigenvalue weighted by Crippen LogP contribution is -2.45. The van der Waals surface area contributed by atoms with Crippen molar-refractivity contribution in [2.45, 2.75) is 53.0 Å². The number of nitrogens with zero attached hydrogens (tertiary/aromatic N) is 2. The number of ether oxygens (including phenoxy) is 1. The molecule has 1 rings (SSSR count). The SMILES string of the molecule is CCOC(=O)NC(CN=C(N)N1CCCC(C)C1)CC(C)C.I. The number of piperidine rings is 1. The van der Waals surface area contributed by atoms with Crippen LogP contribution in [0.2, 0.25) is 0 Å². The number of amides is 1. The number of guanidine groups is 1. The van der Waals surface area contributed by atoms with Crippen LogP contribution in [0.3, 0.4) is 0 Å². The maximum atomic E-state index is 11.6. The summed E-state index contributed by atoms with van der Waals surface area (Å²) in [4.78, 5) is 18.2. The first kappa shape index (κ1) is 22.3. The first-order valence-corrected chi connectivity index (χ1v) is 8.40. The summed E-state index contributed by atoms with van der Waals surface area (Å²) in [7, 11) is 0. The third-order valence-electron chi connectivity index (χ3n) is 3.81. The van der Waals surface area contributed by atoms with Crippen molar-refractivity contribution in [3.8, 4) is 0 Å². The van der Waals surface area contributed by atoms with Crippen molar-refractivity contribution < 1.29 is 9.53 Å². The van der Waals surface area contributed by atoms with E-state index < -0.39 is 0 Å². The van der Waals surface area contributed by atoms with Gasteiger partial charge in [0.15, 0.2) is 5.96 Å². The molecule has 6 nitrogen and oxygen atoms in total. The lowest BCUT2D eigenvalue weighted by molar-refractivity contribution is 0.147. The molecule has 0 aromatic rings. The average Bonchev–Trinajstić information content (AvgIpc) is 2.44. The molecule has 3 N–H and O–H groups in total. The molecule has 1 saturated heterocycles. The van der Waals surface area contributed by atoms with E-state index in [2.05, 4.69) is 36.0 Å². The fraction of sp³-hybridized carbons (Fsp3) is 0.875. The molecule has 1 amide bonds. The van der Waals surface area contributed by atoms with Gasteiger partial charge in [0, 0.05) is 13.1 Å². The number of aliphatic imine (C=N–C) groups is 1. The van der Waals surface area contributed by atoms with E-state index in [4.69, 9.17) is 10.5 Å². The Hall–Kier alpha value is -0.730. The molecule has 7 heteroatoms. The smallest absolute Gasteiger partial charge is 0.407 e. The van der Waals surface area contributed by atoms with Gasteiger partial charge in [0.2, 0.25) is 0 Å². The molecular weight excluding hydrogens is 407 g/mol. The third kappa shape index (κ3) is 9.22. The summed E-state index contributed by atoms with van der Waals surface area (Å²) < 4.78 is 4.95. The molecule has 23 heavy (non-hydrogen) atoms. The number of nitrogens with one attached hydrogen (secondary N) is 1. The zero-order chi connectivity index (χ0) is 16.5. The van der Waals surface area contributed by atoms with E-state index in [-0.39, 0.29) is 36.1 Å². The van der Waals surface area contributed by atoms with Crippen molar-refractivity contribution in [3.63, 3.8) is 0 Å². The minimum atomic E-state index is -0.381.